The average Bonchev–Trinajstić information content (AvgIpc) is 2.79. The smallest absolute Gasteiger partial charge is 0.243 e. The van der Waals surface area contributed by atoms with Gasteiger partial charge in [0.1, 0.15) is 0 Å². The van der Waals surface area contributed by atoms with Crippen LogP contribution >= 0.6 is 0 Å². The molecule has 0 radical (unpaired) electrons. The Kier molecular flexibility index (Phi) is 8.16. The lowest BCUT2D eigenvalue weighted by molar-refractivity contribution is -0.122. The van der Waals surface area contributed by atoms with Gasteiger partial charge in [0.05, 0.1) is 18.1 Å². The molecule has 1 aliphatic heterocycles. The van der Waals surface area contributed by atoms with Crippen LogP contribution in [0.4, 0.5) is 0 Å². The highest BCUT2D eigenvalue weighted by molar-refractivity contribution is 7.89. The number of hydrogen-bond acceptors (Lipinski definition) is 4. The lowest BCUT2D eigenvalue weighted by Crippen LogP contribution is -2.40. The maximum absolute atomic E-state index is 12.7. The Balaban J connectivity index is 1.44. The summed E-state index contributed by atoms with van der Waals surface area (Å²) in [7, 11) is -3.47. The van der Waals surface area contributed by atoms with Gasteiger partial charge >= 0.3 is 0 Å². The van der Waals surface area contributed by atoms with Gasteiger partial charge < -0.3 is 10.1 Å². The van der Waals surface area contributed by atoms with Gasteiger partial charge in [-0.05, 0) is 61.1 Å². The standard InChI is InChI=1S/C24H38N2O4S/c1-4-24(2,3)20-8-10-21(11-9-20)25-23(27)14-7-19-5-12-22(13-6-19)31(28,29)26-15-17-30-18-16-26/h5-6,12-13,20-21H,4,7-11,14-18H2,1-3H3,(H,25,27). The number of morpholine rings is 1. The topological polar surface area (TPSA) is 75.7 Å². The number of rotatable bonds is 8. The van der Waals surface area contributed by atoms with Crippen molar-refractivity contribution in [2.75, 3.05) is 26.3 Å². The van der Waals surface area contributed by atoms with Crippen LogP contribution in [-0.4, -0.2) is 51.0 Å². The number of hydrogen-bond donors (Lipinski definition) is 1. The van der Waals surface area contributed by atoms with E-state index in [1.54, 1.807) is 12.1 Å². The lowest BCUT2D eigenvalue weighted by atomic mass is 9.69. The van der Waals surface area contributed by atoms with Crippen LogP contribution in [0.3, 0.4) is 0 Å². The molecule has 0 unspecified atom stereocenters. The fourth-order valence-electron chi connectivity index (χ4n) is 4.63. The molecule has 1 saturated carbocycles. The number of sulfonamides is 1. The Morgan fingerprint density at radius 1 is 1.10 bits per heavy atom. The summed E-state index contributed by atoms with van der Waals surface area (Å²) in [5.41, 5.74) is 1.36. The molecular weight excluding hydrogens is 412 g/mol. The summed E-state index contributed by atoms with van der Waals surface area (Å²) in [5, 5.41) is 3.20. The number of carbonyl (C=O) groups is 1. The third-order valence-electron chi connectivity index (χ3n) is 7.28. The summed E-state index contributed by atoms with van der Waals surface area (Å²) >= 11 is 0. The first-order valence-corrected chi connectivity index (χ1v) is 13.1. The first-order chi connectivity index (χ1) is 14.7. The molecular formula is C24H38N2O4S. The van der Waals surface area contributed by atoms with Crippen LogP contribution in [0.25, 0.3) is 0 Å². The fourth-order valence-corrected chi connectivity index (χ4v) is 6.04. The highest BCUT2D eigenvalue weighted by atomic mass is 32.2. The van der Waals surface area contributed by atoms with Gasteiger partial charge in [-0.25, -0.2) is 8.42 Å². The molecule has 1 heterocycles. The molecule has 7 heteroatoms. The van der Waals surface area contributed by atoms with Crippen LogP contribution in [0.2, 0.25) is 0 Å². The summed E-state index contributed by atoms with van der Waals surface area (Å²) in [6.07, 6.45) is 6.73. The average molecular weight is 451 g/mol. The van der Waals surface area contributed by atoms with Gasteiger partial charge in [-0.1, -0.05) is 39.3 Å². The number of amides is 1. The fraction of sp³-hybridized carbons (Fsp3) is 0.708. The molecule has 3 rings (SSSR count). The monoisotopic (exact) mass is 450 g/mol. The molecule has 0 bridgehead atoms. The second-order valence-corrected chi connectivity index (χ2v) is 11.6. The minimum atomic E-state index is -3.47. The Morgan fingerprint density at radius 3 is 2.29 bits per heavy atom. The molecule has 31 heavy (non-hydrogen) atoms. The van der Waals surface area contributed by atoms with E-state index in [2.05, 4.69) is 26.1 Å². The highest BCUT2D eigenvalue weighted by Crippen LogP contribution is 2.40. The van der Waals surface area contributed by atoms with Crippen molar-refractivity contribution in [2.45, 2.75) is 76.7 Å². The predicted molar refractivity (Wildman–Crippen MR) is 122 cm³/mol. The van der Waals surface area contributed by atoms with Gasteiger partial charge in [0.25, 0.3) is 0 Å². The van der Waals surface area contributed by atoms with Crippen molar-refractivity contribution >= 4 is 15.9 Å². The van der Waals surface area contributed by atoms with E-state index in [0.717, 1.165) is 24.3 Å². The number of nitrogens with one attached hydrogen (secondary N) is 1. The third kappa shape index (κ3) is 6.30. The molecule has 1 aromatic carbocycles. The van der Waals surface area contributed by atoms with Crippen LogP contribution in [0.15, 0.2) is 29.2 Å². The first kappa shape index (κ1) is 24.2. The summed E-state index contributed by atoms with van der Waals surface area (Å²) in [5.74, 6) is 0.834. The van der Waals surface area contributed by atoms with Crippen LogP contribution in [0.5, 0.6) is 0 Å². The molecule has 1 amide bonds. The quantitative estimate of drug-likeness (QED) is 0.654. The minimum absolute atomic E-state index is 0.0863. The van der Waals surface area contributed by atoms with Crippen molar-refractivity contribution in [3.63, 3.8) is 0 Å². The van der Waals surface area contributed by atoms with Gasteiger partial charge in [0, 0.05) is 25.6 Å². The number of benzene rings is 1. The van der Waals surface area contributed by atoms with Crippen molar-refractivity contribution in [3.05, 3.63) is 29.8 Å². The summed E-state index contributed by atoms with van der Waals surface area (Å²) in [6.45, 7) is 8.62. The number of ether oxygens (including phenoxy) is 1. The normalized spacial score (nSPS) is 23.5. The maximum Gasteiger partial charge on any atom is 0.243 e. The summed E-state index contributed by atoms with van der Waals surface area (Å²) in [6, 6.07) is 7.22. The van der Waals surface area contributed by atoms with Gasteiger partial charge in [0.2, 0.25) is 15.9 Å². The van der Waals surface area contributed by atoms with E-state index in [-0.39, 0.29) is 11.9 Å². The van der Waals surface area contributed by atoms with Crippen LogP contribution in [0, 0.1) is 11.3 Å². The first-order valence-electron chi connectivity index (χ1n) is 11.7. The zero-order valence-corrected chi connectivity index (χ0v) is 20.0. The van der Waals surface area contributed by atoms with Crippen molar-refractivity contribution in [3.8, 4) is 0 Å². The van der Waals surface area contributed by atoms with Crippen molar-refractivity contribution in [1.82, 2.24) is 9.62 Å². The molecule has 174 valence electrons. The molecule has 2 fully saturated rings. The van der Waals surface area contributed by atoms with E-state index in [4.69, 9.17) is 4.74 Å². The van der Waals surface area contributed by atoms with Gasteiger partial charge in [-0.3, -0.25) is 4.79 Å². The summed E-state index contributed by atoms with van der Waals surface area (Å²) < 4.78 is 32.1. The van der Waals surface area contributed by atoms with Crippen molar-refractivity contribution < 1.29 is 17.9 Å². The molecule has 1 aromatic rings. The van der Waals surface area contributed by atoms with Gasteiger partial charge in [-0.15, -0.1) is 0 Å². The second-order valence-electron chi connectivity index (χ2n) is 9.62. The van der Waals surface area contributed by atoms with Crippen LogP contribution in [-0.2, 0) is 26.0 Å². The molecule has 1 aliphatic carbocycles. The SMILES string of the molecule is CCC(C)(C)C1CCC(NC(=O)CCc2ccc(S(=O)(=O)N3CCOCC3)cc2)CC1. The van der Waals surface area contributed by atoms with E-state index < -0.39 is 10.0 Å². The maximum atomic E-state index is 12.7. The molecule has 0 atom stereocenters. The van der Waals surface area contributed by atoms with E-state index in [1.165, 1.54) is 23.6 Å². The molecule has 6 nitrogen and oxygen atoms in total. The van der Waals surface area contributed by atoms with Gasteiger partial charge in [0.15, 0.2) is 0 Å². The predicted octanol–water partition coefficient (Wildman–Crippen LogP) is 3.75. The second kappa shape index (κ2) is 10.5. The minimum Gasteiger partial charge on any atom is -0.379 e. The number of aryl methyl sites for hydroxylation is 1. The largest absolute Gasteiger partial charge is 0.379 e. The Labute approximate surface area is 187 Å². The molecule has 1 saturated heterocycles. The van der Waals surface area contributed by atoms with Gasteiger partial charge in [-0.2, -0.15) is 4.31 Å². The van der Waals surface area contributed by atoms with Crippen molar-refractivity contribution in [2.24, 2.45) is 11.3 Å². The number of nitrogens with zero attached hydrogens (tertiary/aromatic N) is 1. The Hall–Kier alpha value is -1.44. The van der Waals surface area contributed by atoms with E-state index in [0.29, 0.717) is 49.5 Å². The Bertz CT molecular complexity index is 822. The zero-order valence-electron chi connectivity index (χ0n) is 19.2. The zero-order chi connectivity index (χ0) is 22.5. The molecule has 0 spiro atoms. The molecule has 1 N–H and O–H groups in total. The third-order valence-corrected chi connectivity index (χ3v) is 9.19. The van der Waals surface area contributed by atoms with Crippen LogP contribution < -0.4 is 5.32 Å². The highest BCUT2D eigenvalue weighted by Gasteiger charge is 2.32. The van der Waals surface area contributed by atoms with E-state index >= 15 is 0 Å². The van der Waals surface area contributed by atoms with Crippen molar-refractivity contribution in [1.29, 1.82) is 0 Å². The summed E-state index contributed by atoms with van der Waals surface area (Å²) in [4.78, 5) is 12.7. The molecule has 0 aromatic heterocycles. The van der Waals surface area contributed by atoms with Crippen LogP contribution in [0.1, 0.15) is 64.9 Å². The lowest BCUT2D eigenvalue weighted by Gasteiger charge is -2.39. The molecule has 2 aliphatic rings. The van der Waals surface area contributed by atoms with E-state index in [1.807, 2.05) is 12.1 Å². The Morgan fingerprint density at radius 2 is 1.71 bits per heavy atom. The number of carbonyl (C=O) groups excluding carboxylic acids is 1. The van der Waals surface area contributed by atoms with E-state index in [9.17, 15) is 13.2 Å².